The van der Waals surface area contributed by atoms with E-state index in [1.165, 1.54) is 0 Å². The molecule has 6 heteroatoms. The van der Waals surface area contributed by atoms with Crippen molar-refractivity contribution in [3.8, 4) is 0 Å². The average Bonchev–Trinajstić information content (AvgIpc) is 2.64. The normalized spacial score (nSPS) is 10.8. The zero-order valence-corrected chi connectivity index (χ0v) is 11.5. The first-order valence-electron chi connectivity index (χ1n) is 5.86. The molecule has 17 heavy (non-hydrogen) atoms. The van der Waals surface area contributed by atoms with Crippen molar-refractivity contribution in [3.63, 3.8) is 0 Å². The van der Waals surface area contributed by atoms with Gasteiger partial charge in [-0.15, -0.1) is 21.5 Å². The highest BCUT2D eigenvalue weighted by atomic mass is 32.1. The number of carbonyl (C=O) groups is 1. The molecule has 0 bridgehead atoms. The molecule has 1 amide bonds. The molecule has 0 aliphatic rings. The first-order chi connectivity index (χ1) is 8.11. The number of hydrogen-bond donors (Lipinski definition) is 1. The lowest BCUT2D eigenvalue weighted by Gasteiger charge is -2.14. The number of carbonyl (C=O) groups excluding carboxylic acids is 1. The van der Waals surface area contributed by atoms with Crippen LogP contribution in [0.2, 0.25) is 0 Å². The zero-order valence-electron chi connectivity index (χ0n) is 10.7. The number of likely N-dealkylation sites (N-methyl/N-ethyl adjacent to an activating group) is 1. The van der Waals surface area contributed by atoms with Crippen LogP contribution in [0.4, 0.5) is 0 Å². The molecule has 0 unspecified atom stereocenters. The summed E-state index contributed by atoms with van der Waals surface area (Å²) in [5.41, 5.74) is 0. The van der Waals surface area contributed by atoms with Crippen LogP contribution in [-0.2, 0) is 11.3 Å². The van der Waals surface area contributed by atoms with E-state index < -0.39 is 0 Å². The Bertz CT molecular complexity index is 353. The molecule has 96 valence electrons. The Balaban J connectivity index is 2.24. The van der Waals surface area contributed by atoms with Gasteiger partial charge in [0, 0.05) is 6.54 Å². The highest BCUT2D eigenvalue weighted by Crippen LogP contribution is 2.09. The van der Waals surface area contributed by atoms with Crippen LogP contribution >= 0.6 is 11.3 Å². The van der Waals surface area contributed by atoms with E-state index in [0.717, 1.165) is 29.4 Å². The van der Waals surface area contributed by atoms with Crippen molar-refractivity contribution in [3.05, 3.63) is 10.0 Å². The number of amides is 1. The summed E-state index contributed by atoms with van der Waals surface area (Å²) >= 11 is 1.57. The lowest BCUT2D eigenvalue weighted by atomic mass is 10.3. The van der Waals surface area contributed by atoms with E-state index >= 15 is 0 Å². The minimum absolute atomic E-state index is 0.0715. The Hall–Kier alpha value is -1.01. The molecule has 0 aliphatic carbocycles. The molecule has 0 saturated heterocycles. The van der Waals surface area contributed by atoms with E-state index in [2.05, 4.69) is 22.4 Å². The van der Waals surface area contributed by atoms with Crippen LogP contribution in [0.15, 0.2) is 0 Å². The molecule has 0 fully saturated rings. The summed E-state index contributed by atoms with van der Waals surface area (Å²) in [6.07, 6.45) is 2.13. The van der Waals surface area contributed by atoms with Gasteiger partial charge in [-0.25, -0.2) is 0 Å². The van der Waals surface area contributed by atoms with Gasteiger partial charge in [0.05, 0.1) is 13.1 Å². The second-order valence-electron chi connectivity index (χ2n) is 4.09. The van der Waals surface area contributed by atoms with Crippen LogP contribution < -0.4 is 5.32 Å². The number of aromatic nitrogens is 2. The van der Waals surface area contributed by atoms with Gasteiger partial charge in [0.1, 0.15) is 10.0 Å². The Morgan fingerprint density at radius 1 is 1.47 bits per heavy atom. The van der Waals surface area contributed by atoms with Crippen LogP contribution in [0, 0.1) is 6.92 Å². The van der Waals surface area contributed by atoms with Crippen molar-refractivity contribution in [2.75, 3.05) is 20.1 Å². The van der Waals surface area contributed by atoms with E-state index in [9.17, 15) is 4.79 Å². The van der Waals surface area contributed by atoms with Gasteiger partial charge in [-0.05, 0) is 20.4 Å². The summed E-state index contributed by atoms with van der Waals surface area (Å²) in [5.74, 6) is 0.0715. The number of rotatable bonds is 7. The third-order valence-electron chi connectivity index (χ3n) is 2.24. The molecule has 1 aromatic heterocycles. The molecule has 5 nitrogen and oxygen atoms in total. The molecule has 1 rings (SSSR count). The largest absolute Gasteiger partial charge is 0.355 e. The van der Waals surface area contributed by atoms with E-state index in [1.54, 1.807) is 11.3 Å². The van der Waals surface area contributed by atoms with Gasteiger partial charge in [-0.3, -0.25) is 9.69 Å². The van der Waals surface area contributed by atoms with Gasteiger partial charge in [0.15, 0.2) is 0 Å². The molecule has 1 heterocycles. The second kappa shape index (κ2) is 7.34. The molecule has 0 aromatic carbocycles. The highest BCUT2D eigenvalue weighted by molar-refractivity contribution is 7.11. The topological polar surface area (TPSA) is 58.1 Å². The fourth-order valence-corrected chi connectivity index (χ4v) is 2.18. The molecular formula is C11H20N4OS. The van der Waals surface area contributed by atoms with Crippen LogP contribution in [0.3, 0.4) is 0 Å². The van der Waals surface area contributed by atoms with E-state index in [4.69, 9.17) is 0 Å². The lowest BCUT2D eigenvalue weighted by molar-refractivity contribution is -0.122. The summed E-state index contributed by atoms with van der Waals surface area (Å²) in [4.78, 5) is 13.5. The van der Waals surface area contributed by atoms with Crippen molar-refractivity contribution in [2.24, 2.45) is 0 Å². The molecular weight excluding hydrogens is 236 g/mol. The van der Waals surface area contributed by atoms with E-state index in [-0.39, 0.29) is 5.91 Å². The first-order valence-corrected chi connectivity index (χ1v) is 6.67. The summed E-state index contributed by atoms with van der Waals surface area (Å²) in [6, 6.07) is 0. The van der Waals surface area contributed by atoms with Gasteiger partial charge in [-0.1, -0.05) is 13.3 Å². The smallest absolute Gasteiger partial charge is 0.234 e. The minimum Gasteiger partial charge on any atom is -0.355 e. The maximum absolute atomic E-state index is 11.5. The van der Waals surface area contributed by atoms with Crippen molar-refractivity contribution in [1.29, 1.82) is 0 Å². The molecule has 0 spiro atoms. The fourth-order valence-electron chi connectivity index (χ4n) is 1.39. The summed E-state index contributed by atoms with van der Waals surface area (Å²) in [5, 5.41) is 12.8. The van der Waals surface area contributed by atoms with Gasteiger partial charge in [0.2, 0.25) is 5.91 Å². The highest BCUT2D eigenvalue weighted by Gasteiger charge is 2.08. The first kappa shape index (κ1) is 14.1. The predicted molar refractivity (Wildman–Crippen MR) is 68.9 cm³/mol. The number of aryl methyl sites for hydroxylation is 1. The standard InChI is InChI=1S/C11H20N4OS/c1-4-5-6-12-10(16)7-15(3)8-11-14-13-9(2)17-11/h4-8H2,1-3H3,(H,12,16). The Morgan fingerprint density at radius 2 is 2.24 bits per heavy atom. The molecule has 0 saturated carbocycles. The summed E-state index contributed by atoms with van der Waals surface area (Å²) in [7, 11) is 1.91. The zero-order chi connectivity index (χ0) is 12.7. The number of nitrogens with one attached hydrogen (secondary N) is 1. The Labute approximate surface area is 106 Å². The Morgan fingerprint density at radius 3 is 2.82 bits per heavy atom. The SMILES string of the molecule is CCCCNC(=O)CN(C)Cc1nnc(C)s1. The van der Waals surface area contributed by atoms with Crippen molar-refractivity contribution in [1.82, 2.24) is 20.4 Å². The average molecular weight is 256 g/mol. The van der Waals surface area contributed by atoms with Gasteiger partial charge >= 0.3 is 0 Å². The summed E-state index contributed by atoms with van der Waals surface area (Å²) < 4.78 is 0. The number of unbranched alkanes of at least 4 members (excludes halogenated alkanes) is 1. The molecule has 1 N–H and O–H groups in total. The lowest BCUT2D eigenvalue weighted by Crippen LogP contribution is -2.35. The third-order valence-corrected chi connectivity index (χ3v) is 3.06. The monoisotopic (exact) mass is 256 g/mol. The maximum Gasteiger partial charge on any atom is 0.234 e. The predicted octanol–water partition coefficient (Wildman–Crippen LogP) is 1.19. The van der Waals surface area contributed by atoms with Gasteiger partial charge < -0.3 is 5.32 Å². The van der Waals surface area contributed by atoms with Crippen LogP contribution in [0.1, 0.15) is 29.8 Å². The van der Waals surface area contributed by atoms with Crippen molar-refractivity contribution in [2.45, 2.75) is 33.2 Å². The number of hydrogen-bond acceptors (Lipinski definition) is 5. The quantitative estimate of drug-likeness (QED) is 0.745. The molecule has 0 radical (unpaired) electrons. The second-order valence-corrected chi connectivity index (χ2v) is 5.36. The van der Waals surface area contributed by atoms with Crippen LogP contribution in [-0.4, -0.2) is 41.1 Å². The fraction of sp³-hybridized carbons (Fsp3) is 0.727. The maximum atomic E-state index is 11.5. The minimum atomic E-state index is 0.0715. The van der Waals surface area contributed by atoms with Crippen molar-refractivity contribution < 1.29 is 4.79 Å². The van der Waals surface area contributed by atoms with Crippen LogP contribution in [0.25, 0.3) is 0 Å². The van der Waals surface area contributed by atoms with E-state index in [0.29, 0.717) is 13.1 Å². The number of nitrogens with zero attached hydrogens (tertiary/aromatic N) is 3. The Kier molecular flexibility index (Phi) is 6.07. The molecule has 0 atom stereocenters. The van der Waals surface area contributed by atoms with E-state index in [1.807, 2.05) is 18.9 Å². The molecule has 1 aromatic rings. The van der Waals surface area contributed by atoms with Crippen molar-refractivity contribution >= 4 is 17.2 Å². The third kappa shape index (κ3) is 5.74. The van der Waals surface area contributed by atoms with Gasteiger partial charge in [-0.2, -0.15) is 0 Å². The van der Waals surface area contributed by atoms with Gasteiger partial charge in [0.25, 0.3) is 0 Å². The van der Waals surface area contributed by atoms with Crippen LogP contribution in [0.5, 0.6) is 0 Å². The molecule has 0 aliphatic heterocycles. The summed E-state index contributed by atoms with van der Waals surface area (Å²) in [6.45, 7) is 5.88.